The fraction of sp³-hybridized carbons (Fsp3) is 0.444. The van der Waals surface area contributed by atoms with Crippen molar-refractivity contribution < 1.29 is 23.1 Å². The Morgan fingerprint density at radius 2 is 1.83 bits per heavy atom. The number of likely N-dealkylation sites (tertiary alicyclic amines) is 1. The Hall–Kier alpha value is -2.97. The largest absolute Gasteiger partial charge is 0.490 e. The highest BCUT2D eigenvalue weighted by Crippen LogP contribution is 2.13. The molecule has 3 rings (SSSR count). The van der Waals surface area contributed by atoms with E-state index in [9.17, 15) is 18.0 Å². The summed E-state index contributed by atoms with van der Waals surface area (Å²) in [5.74, 6) is -2.76. The Morgan fingerprint density at radius 1 is 1.24 bits per heavy atom. The first-order valence-corrected chi connectivity index (χ1v) is 8.80. The summed E-state index contributed by atoms with van der Waals surface area (Å²) in [6.07, 6.45) is -3.08. The lowest BCUT2D eigenvalue weighted by Crippen LogP contribution is -2.41. The van der Waals surface area contributed by atoms with Crippen molar-refractivity contribution in [3.8, 4) is 6.07 Å². The first kappa shape index (κ1) is 22.3. The topological polar surface area (TPSA) is 125 Å². The van der Waals surface area contributed by atoms with E-state index in [0.717, 1.165) is 37.9 Å². The minimum Gasteiger partial charge on any atom is -0.475 e. The molecule has 1 aliphatic heterocycles. The van der Waals surface area contributed by atoms with Crippen molar-refractivity contribution in [1.82, 2.24) is 14.5 Å². The number of nitriles is 1. The van der Waals surface area contributed by atoms with E-state index < -0.39 is 12.1 Å². The average molecular weight is 411 g/mol. The molecular formula is C18H20F3N5O3. The Bertz CT molecular complexity index is 960. The van der Waals surface area contributed by atoms with Crippen LogP contribution in [0.3, 0.4) is 0 Å². The molecule has 29 heavy (non-hydrogen) atoms. The molecule has 3 N–H and O–H groups in total. The molecule has 0 radical (unpaired) electrons. The van der Waals surface area contributed by atoms with Crippen molar-refractivity contribution in [1.29, 1.82) is 5.26 Å². The molecule has 0 aromatic carbocycles. The summed E-state index contributed by atoms with van der Waals surface area (Å²) in [5.41, 5.74) is 6.75. The summed E-state index contributed by atoms with van der Waals surface area (Å²) in [5, 5.41) is 17.0. The number of piperidine rings is 1. The van der Waals surface area contributed by atoms with Gasteiger partial charge in [0.15, 0.2) is 0 Å². The normalized spacial score (nSPS) is 15.4. The standard InChI is InChI=1S/C16H19N5O.C2HF3O2/c17-11-14-3-1-12-2-4-15(22)21(16(12)19-14)10-9-20-7-5-13(18)6-8-20;3-2(4,5)1(6)7/h1-4,13H,5-10,18H2;(H,6,7). The number of aliphatic carboxylic acids is 1. The predicted molar refractivity (Wildman–Crippen MR) is 98.1 cm³/mol. The maximum absolute atomic E-state index is 12.2. The van der Waals surface area contributed by atoms with Gasteiger partial charge in [0.25, 0.3) is 5.56 Å². The van der Waals surface area contributed by atoms with Gasteiger partial charge in [0.1, 0.15) is 17.4 Å². The molecule has 0 spiro atoms. The molecule has 0 saturated carbocycles. The molecule has 1 fully saturated rings. The van der Waals surface area contributed by atoms with Gasteiger partial charge in [-0.3, -0.25) is 9.36 Å². The fourth-order valence-corrected chi connectivity index (χ4v) is 2.86. The number of rotatable bonds is 3. The summed E-state index contributed by atoms with van der Waals surface area (Å²) in [6.45, 7) is 3.31. The van der Waals surface area contributed by atoms with Crippen LogP contribution < -0.4 is 11.3 Å². The molecule has 1 aliphatic rings. The molecule has 0 atom stereocenters. The zero-order valence-electron chi connectivity index (χ0n) is 15.4. The van der Waals surface area contributed by atoms with Crippen molar-refractivity contribution in [2.45, 2.75) is 31.6 Å². The summed E-state index contributed by atoms with van der Waals surface area (Å²) in [4.78, 5) is 27.7. The highest BCUT2D eigenvalue weighted by Gasteiger charge is 2.38. The molecule has 2 aromatic heterocycles. The van der Waals surface area contributed by atoms with Crippen LogP contribution in [0.25, 0.3) is 11.0 Å². The molecule has 0 unspecified atom stereocenters. The van der Waals surface area contributed by atoms with Gasteiger partial charge in [0, 0.05) is 30.6 Å². The van der Waals surface area contributed by atoms with E-state index >= 15 is 0 Å². The van der Waals surface area contributed by atoms with Crippen molar-refractivity contribution in [3.63, 3.8) is 0 Å². The van der Waals surface area contributed by atoms with Crippen LogP contribution in [0, 0.1) is 11.3 Å². The van der Waals surface area contributed by atoms with Crippen LogP contribution in [-0.2, 0) is 11.3 Å². The number of carboxylic acid groups (broad SMARTS) is 1. The van der Waals surface area contributed by atoms with E-state index in [4.69, 9.17) is 20.9 Å². The molecule has 8 nitrogen and oxygen atoms in total. The summed E-state index contributed by atoms with van der Waals surface area (Å²) >= 11 is 0. The van der Waals surface area contributed by atoms with Gasteiger partial charge in [-0.25, -0.2) is 9.78 Å². The number of hydrogen-bond acceptors (Lipinski definition) is 6. The molecule has 3 heterocycles. The third-order valence-corrected chi connectivity index (χ3v) is 4.46. The number of hydrogen-bond donors (Lipinski definition) is 2. The first-order valence-electron chi connectivity index (χ1n) is 8.80. The van der Waals surface area contributed by atoms with Gasteiger partial charge in [-0.05, 0) is 44.1 Å². The maximum Gasteiger partial charge on any atom is 0.490 e. The zero-order valence-corrected chi connectivity index (χ0v) is 15.4. The highest BCUT2D eigenvalue weighted by molar-refractivity contribution is 5.75. The number of carbonyl (C=O) groups is 1. The van der Waals surface area contributed by atoms with Crippen LogP contribution in [0.5, 0.6) is 0 Å². The number of alkyl halides is 3. The van der Waals surface area contributed by atoms with Crippen LogP contribution in [-0.4, -0.2) is 57.4 Å². The van der Waals surface area contributed by atoms with Gasteiger partial charge < -0.3 is 15.7 Å². The number of halogens is 3. The van der Waals surface area contributed by atoms with Gasteiger partial charge in [0.2, 0.25) is 0 Å². The second-order valence-corrected chi connectivity index (χ2v) is 6.53. The molecule has 1 saturated heterocycles. The van der Waals surface area contributed by atoms with Crippen LogP contribution in [0.2, 0.25) is 0 Å². The van der Waals surface area contributed by atoms with Gasteiger partial charge in [-0.2, -0.15) is 18.4 Å². The van der Waals surface area contributed by atoms with E-state index in [1.165, 1.54) is 0 Å². The zero-order chi connectivity index (χ0) is 21.6. The fourth-order valence-electron chi connectivity index (χ4n) is 2.86. The van der Waals surface area contributed by atoms with Crippen molar-refractivity contribution >= 4 is 17.0 Å². The van der Waals surface area contributed by atoms with E-state index in [-0.39, 0.29) is 5.56 Å². The van der Waals surface area contributed by atoms with Gasteiger partial charge in [-0.15, -0.1) is 0 Å². The second kappa shape index (κ2) is 9.49. The Kier molecular flexibility index (Phi) is 7.30. The minimum atomic E-state index is -5.08. The number of nitrogens with zero attached hydrogens (tertiary/aromatic N) is 4. The number of pyridine rings is 2. The molecule has 0 aliphatic carbocycles. The molecule has 2 aromatic rings. The van der Waals surface area contributed by atoms with Crippen molar-refractivity contribution in [2.75, 3.05) is 19.6 Å². The third-order valence-electron chi connectivity index (χ3n) is 4.46. The van der Waals surface area contributed by atoms with E-state index in [0.29, 0.717) is 23.9 Å². The number of aromatic nitrogens is 2. The van der Waals surface area contributed by atoms with Crippen LogP contribution in [0.15, 0.2) is 29.1 Å². The lowest BCUT2D eigenvalue weighted by atomic mass is 10.1. The highest BCUT2D eigenvalue weighted by atomic mass is 19.4. The number of nitrogens with two attached hydrogens (primary N) is 1. The molecular weight excluding hydrogens is 391 g/mol. The maximum atomic E-state index is 12.2. The van der Waals surface area contributed by atoms with Crippen molar-refractivity contribution in [2.24, 2.45) is 5.73 Å². The quantitative estimate of drug-likeness (QED) is 0.780. The smallest absolute Gasteiger partial charge is 0.475 e. The third kappa shape index (κ3) is 6.27. The SMILES string of the molecule is N#Cc1ccc2ccc(=O)n(CCN3CCC(N)CC3)c2n1.O=C(O)C(F)(F)F. The van der Waals surface area contributed by atoms with Crippen LogP contribution >= 0.6 is 0 Å². The summed E-state index contributed by atoms with van der Waals surface area (Å²) in [7, 11) is 0. The second-order valence-electron chi connectivity index (χ2n) is 6.53. The van der Waals surface area contributed by atoms with E-state index in [1.54, 1.807) is 22.8 Å². The molecule has 0 bridgehead atoms. The lowest BCUT2D eigenvalue weighted by molar-refractivity contribution is -0.192. The van der Waals surface area contributed by atoms with Crippen molar-refractivity contribution in [3.05, 3.63) is 40.3 Å². The Morgan fingerprint density at radius 3 is 2.38 bits per heavy atom. The van der Waals surface area contributed by atoms with Crippen LogP contribution in [0.4, 0.5) is 13.2 Å². The average Bonchev–Trinajstić information content (AvgIpc) is 2.68. The lowest BCUT2D eigenvalue weighted by Gasteiger charge is -2.30. The number of fused-ring (bicyclic) bond motifs is 1. The van der Waals surface area contributed by atoms with Gasteiger partial charge >= 0.3 is 12.1 Å². The minimum absolute atomic E-state index is 0.0798. The Labute approximate surface area is 164 Å². The molecule has 156 valence electrons. The molecule has 11 heteroatoms. The Balaban J connectivity index is 0.000000370. The van der Waals surface area contributed by atoms with Gasteiger partial charge in [0.05, 0.1) is 0 Å². The summed E-state index contributed by atoms with van der Waals surface area (Å²) in [6, 6.07) is 9.14. The monoisotopic (exact) mass is 411 g/mol. The molecule has 0 amide bonds. The van der Waals surface area contributed by atoms with Gasteiger partial charge in [-0.1, -0.05) is 0 Å². The summed E-state index contributed by atoms with van der Waals surface area (Å²) < 4.78 is 33.4. The van der Waals surface area contributed by atoms with E-state index in [2.05, 4.69) is 9.88 Å². The predicted octanol–water partition coefficient (Wildman–Crippen LogP) is 1.32. The van der Waals surface area contributed by atoms with E-state index in [1.807, 2.05) is 12.1 Å². The first-order chi connectivity index (χ1) is 13.6. The number of carboxylic acids is 1. The van der Waals surface area contributed by atoms with Crippen LogP contribution in [0.1, 0.15) is 18.5 Å².